The molecule has 2 aromatic carbocycles. The Kier molecular flexibility index (Phi) is 7.01. The van der Waals surface area contributed by atoms with Crippen molar-refractivity contribution in [2.24, 2.45) is 5.73 Å². The zero-order valence-electron chi connectivity index (χ0n) is 14.5. The van der Waals surface area contributed by atoms with Gasteiger partial charge < -0.3 is 15.8 Å². The van der Waals surface area contributed by atoms with E-state index in [0.717, 1.165) is 17.7 Å². The van der Waals surface area contributed by atoms with E-state index in [1.54, 1.807) is 24.3 Å². The summed E-state index contributed by atoms with van der Waals surface area (Å²) in [7, 11) is 0. The second kappa shape index (κ2) is 9.47. The third kappa shape index (κ3) is 6.30. The fourth-order valence-corrected chi connectivity index (χ4v) is 2.32. The van der Waals surface area contributed by atoms with Crippen LogP contribution in [0.15, 0.2) is 48.5 Å². The number of ether oxygens (including phenoxy) is 1. The molecule has 0 aromatic heterocycles. The molecule has 0 radical (unpaired) electrons. The van der Waals surface area contributed by atoms with Crippen LogP contribution in [0.25, 0.3) is 0 Å². The van der Waals surface area contributed by atoms with Gasteiger partial charge in [0.05, 0.1) is 6.61 Å². The monoisotopic (exact) mass is 340 g/mol. The smallest absolute Gasteiger partial charge is 0.248 e. The largest absolute Gasteiger partial charge is 0.494 e. The van der Waals surface area contributed by atoms with Crippen LogP contribution in [0.5, 0.6) is 5.75 Å². The molecule has 25 heavy (non-hydrogen) atoms. The van der Waals surface area contributed by atoms with Gasteiger partial charge in [0.25, 0.3) is 0 Å². The minimum absolute atomic E-state index is 0.0242. The maximum Gasteiger partial charge on any atom is 0.248 e. The summed E-state index contributed by atoms with van der Waals surface area (Å²) in [5, 5.41) is 2.85. The number of nitrogens with one attached hydrogen (secondary N) is 1. The van der Waals surface area contributed by atoms with E-state index in [-0.39, 0.29) is 5.91 Å². The van der Waals surface area contributed by atoms with E-state index in [1.807, 2.05) is 24.3 Å². The number of hydrogen-bond donors (Lipinski definition) is 2. The van der Waals surface area contributed by atoms with Gasteiger partial charge >= 0.3 is 0 Å². The van der Waals surface area contributed by atoms with E-state index in [9.17, 15) is 9.59 Å². The van der Waals surface area contributed by atoms with Crippen LogP contribution in [0, 0.1) is 0 Å². The molecule has 5 heteroatoms. The van der Waals surface area contributed by atoms with E-state index < -0.39 is 5.91 Å². The van der Waals surface area contributed by atoms with Crippen molar-refractivity contribution in [3.8, 4) is 5.75 Å². The predicted molar refractivity (Wildman–Crippen MR) is 97.4 cm³/mol. The Labute approximate surface area is 148 Å². The van der Waals surface area contributed by atoms with E-state index in [2.05, 4.69) is 12.2 Å². The molecule has 0 atom stereocenters. The molecule has 132 valence electrons. The first-order chi connectivity index (χ1) is 12.1. The average Bonchev–Trinajstić information content (AvgIpc) is 2.64. The number of nitrogens with two attached hydrogens (primary N) is 1. The second-order valence-corrected chi connectivity index (χ2v) is 5.79. The molecular formula is C20H24N2O3. The van der Waals surface area contributed by atoms with Gasteiger partial charge in [0, 0.05) is 18.5 Å². The maximum absolute atomic E-state index is 11.8. The van der Waals surface area contributed by atoms with Crippen LogP contribution in [0.2, 0.25) is 0 Å². The number of aryl methyl sites for hydroxylation is 1. The van der Waals surface area contributed by atoms with Gasteiger partial charge in [-0.15, -0.1) is 0 Å². The van der Waals surface area contributed by atoms with Crippen LogP contribution in [-0.4, -0.2) is 18.4 Å². The first-order valence-electron chi connectivity index (χ1n) is 8.45. The molecular weight excluding hydrogens is 316 g/mol. The van der Waals surface area contributed by atoms with Crippen LogP contribution in [0.4, 0.5) is 0 Å². The molecule has 0 unspecified atom stereocenters. The minimum atomic E-state index is -0.458. The molecule has 2 amide bonds. The third-order valence-electron chi connectivity index (χ3n) is 3.88. The first kappa shape index (κ1) is 18.5. The normalized spacial score (nSPS) is 10.3. The number of primary amides is 1. The molecule has 0 spiro atoms. The van der Waals surface area contributed by atoms with Crippen molar-refractivity contribution in [3.63, 3.8) is 0 Å². The van der Waals surface area contributed by atoms with Crippen LogP contribution in [-0.2, 0) is 17.8 Å². The van der Waals surface area contributed by atoms with Gasteiger partial charge in [-0.25, -0.2) is 0 Å². The number of hydrogen-bond acceptors (Lipinski definition) is 3. The Morgan fingerprint density at radius 2 is 1.64 bits per heavy atom. The number of carbonyl (C=O) groups is 2. The lowest BCUT2D eigenvalue weighted by molar-refractivity contribution is -0.121. The fraction of sp³-hybridized carbons (Fsp3) is 0.300. The van der Waals surface area contributed by atoms with Crippen LogP contribution >= 0.6 is 0 Å². The second-order valence-electron chi connectivity index (χ2n) is 5.79. The molecule has 0 bridgehead atoms. The Hall–Kier alpha value is -2.82. The Bertz CT molecular complexity index is 694. The Morgan fingerprint density at radius 1 is 1.00 bits per heavy atom. The lowest BCUT2D eigenvalue weighted by Gasteiger charge is -2.08. The van der Waals surface area contributed by atoms with Crippen molar-refractivity contribution < 1.29 is 14.3 Å². The molecule has 2 aromatic rings. The fourth-order valence-electron chi connectivity index (χ4n) is 2.32. The van der Waals surface area contributed by atoms with Gasteiger partial charge in [-0.2, -0.15) is 0 Å². The molecule has 0 aliphatic carbocycles. The summed E-state index contributed by atoms with van der Waals surface area (Å²) in [6.45, 7) is 3.05. The number of carbonyl (C=O) groups excluding carboxylic acids is 2. The van der Waals surface area contributed by atoms with Crippen molar-refractivity contribution in [2.45, 2.75) is 32.7 Å². The Balaban J connectivity index is 1.64. The lowest BCUT2D eigenvalue weighted by Crippen LogP contribution is -2.23. The summed E-state index contributed by atoms with van der Waals surface area (Å²) in [6, 6.07) is 14.9. The predicted octanol–water partition coefficient (Wildman–Crippen LogP) is 2.82. The van der Waals surface area contributed by atoms with Gasteiger partial charge in [-0.1, -0.05) is 31.2 Å². The third-order valence-corrected chi connectivity index (χ3v) is 3.88. The van der Waals surface area contributed by atoms with Gasteiger partial charge in [-0.05, 0) is 48.2 Å². The summed E-state index contributed by atoms with van der Waals surface area (Å²) >= 11 is 0. The van der Waals surface area contributed by atoms with E-state index in [0.29, 0.717) is 31.6 Å². The highest BCUT2D eigenvalue weighted by Gasteiger charge is 2.03. The lowest BCUT2D eigenvalue weighted by atomic mass is 10.1. The summed E-state index contributed by atoms with van der Waals surface area (Å²) in [6.07, 6.45) is 2.07. The minimum Gasteiger partial charge on any atom is -0.494 e. The molecule has 0 saturated heterocycles. The number of rotatable bonds is 9. The van der Waals surface area contributed by atoms with Crippen LogP contribution in [0.3, 0.4) is 0 Å². The Morgan fingerprint density at radius 3 is 2.24 bits per heavy atom. The quantitative estimate of drug-likeness (QED) is 0.689. The highest BCUT2D eigenvalue weighted by Crippen LogP contribution is 2.13. The van der Waals surface area contributed by atoms with Crippen molar-refractivity contribution in [1.29, 1.82) is 0 Å². The van der Waals surface area contributed by atoms with Crippen LogP contribution < -0.4 is 15.8 Å². The van der Waals surface area contributed by atoms with Crippen LogP contribution in [0.1, 0.15) is 41.3 Å². The zero-order chi connectivity index (χ0) is 18.1. The highest BCUT2D eigenvalue weighted by atomic mass is 16.5. The standard InChI is InChI=1S/C20H24N2O3/c1-2-15-7-11-18(12-8-15)25-13-3-4-19(23)22-14-16-5-9-17(10-6-16)20(21)24/h5-12H,2-4,13-14H2,1H3,(H2,21,24)(H,22,23). The topological polar surface area (TPSA) is 81.4 Å². The molecule has 3 N–H and O–H groups in total. The zero-order valence-corrected chi connectivity index (χ0v) is 14.5. The van der Waals surface area contributed by atoms with Crippen molar-refractivity contribution in [3.05, 3.63) is 65.2 Å². The van der Waals surface area contributed by atoms with Crippen molar-refractivity contribution in [1.82, 2.24) is 5.32 Å². The van der Waals surface area contributed by atoms with Crippen molar-refractivity contribution >= 4 is 11.8 Å². The SMILES string of the molecule is CCc1ccc(OCCCC(=O)NCc2ccc(C(N)=O)cc2)cc1. The van der Waals surface area contributed by atoms with E-state index in [1.165, 1.54) is 5.56 Å². The van der Waals surface area contributed by atoms with Crippen molar-refractivity contribution in [2.75, 3.05) is 6.61 Å². The molecule has 0 aliphatic rings. The summed E-state index contributed by atoms with van der Waals surface area (Å²) in [4.78, 5) is 22.8. The van der Waals surface area contributed by atoms with E-state index >= 15 is 0 Å². The molecule has 5 nitrogen and oxygen atoms in total. The summed E-state index contributed by atoms with van der Waals surface area (Å²) in [5.41, 5.74) is 7.84. The molecule has 0 fully saturated rings. The van der Waals surface area contributed by atoms with Gasteiger partial charge in [0.1, 0.15) is 5.75 Å². The molecule has 0 saturated carbocycles. The van der Waals surface area contributed by atoms with Gasteiger partial charge in [-0.3, -0.25) is 9.59 Å². The van der Waals surface area contributed by atoms with E-state index in [4.69, 9.17) is 10.5 Å². The first-order valence-corrected chi connectivity index (χ1v) is 8.45. The molecule has 0 aliphatic heterocycles. The van der Waals surface area contributed by atoms with Gasteiger partial charge in [0.2, 0.25) is 11.8 Å². The average molecular weight is 340 g/mol. The highest BCUT2D eigenvalue weighted by molar-refractivity contribution is 5.92. The molecule has 0 heterocycles. The maximum atomic E-state index is 11.8. The summed E-state index contributed by atoms with van der Waals surface area (Å²) in [5.74, 6) is 0.343. The summed E-state index contributed by atoms with van der Waals surface area (Å²) < 4.78 is 5.63. The molecule has 2 rings (SSSR count). The number of benzene rings is 2. The van der Waals surface area contributed by atoms with Gasteiger partial charge in [0.15, 0.2) is 0 Å². The number of amides is 2.